The van der Waals surface area contributed by atoms with Crippen LogP contribution in [0.3, 0.4) is 0 Å². The first-order valence-electron chi connectivity index (χ1n) is 4.73. The van der Waals surface area contributed by atoms with Crippen LogP contribution in [-0.2, 0) is 16.1 Å². The van der Waals surface area contributed by atoms with Gasteiger partial charge in [0.1, 0.15) is 0 Å². The van der Waals surface area contributed by atoms with Crippen molar-refractivity contribution in [3.8, 4) is 0 Å². The maximum Gasteiger partial charge on any atom is 0.237 e. The van der Waals surface area contributed by atoms with Crippen LogP contribution in [0.4, 0.5) is 0 Å². The van der Waals surface area contributed by atoms with Crippen LogP contribution >= 0.6 is 0 Å². The Labute approximate surface area is 88.2 Å². The number of nitrogens with two attached hydrogens (primary N) is 1. The summed E-state index contributed by atoms with van der Waals surface area (Å²) in [5.74, 6) is -0.179. The van der Waals surface area contributed by atoms with Gasteiger partial charge in [0.25, 0.3) is 0 Å². The molecule has 84 valence electrons. The summed E-state index contributed by atoms with van der Waals surface area (Å²) < 4.78 is 4.84. The number of H-pyrrole nitrogens is 1. The van der Waals surface area contributed by atoms with Gasteiger partial charge in [-0.3, -0.25) is 4.79 Å². The van der Waals surface area contributed by atoms with Gasteiger partial charge in [-0.05, 0) is 6.42 Å². The monoisotopic (exact) mass is 212 g/mol. The van der Waals surface area contributed by atoms with Crippen LogP contribution in [0.15, 0.2) is 12.5 Å². The molecule has 0 spiro atoms. The van der Waals surface area contributed by atoms with E-state index in [0.717, 1.165) is 5.69 Å². The van der Waals surface area contributed by atoms with Gasteiger partial charge < -0.3 is 20.8 Å². The van der Waals surface area contributed by atoms with Crippen LogP contribution in [-0.4, -0.2) is 35.6 Å². The Kier molecular flexibility index (Phi) is 4.79. The lowest BCUT2D eigenvalue weighted by molar-refractivity contribution is -0.122. The first-order valence-corrected chi connectivity index (χ1v) is 4.73. The van der Waals surface area contributed by atoms with Gasteiger partial charge >= 0.3 is 0 Å². The number of nitrogens with one attached hydrogen (secondary N) is 2. The van der Waals surface area contributed by atoms with E-state index in [9.17, 15) is 4.79 Å². The fraction of sp³-hybridized carbons (Fsp3) is 0.556. The number of imidazole rings is 1. The molecule has 1 aromatic rings. The van der Waals surface area contributed by atoms with Gasteiger partial charge in [0, 0.05) is 19.9 Å². The lowest BCUT2D eigenvalue weighted by Gasteiger charge is -2.10. The van der Waals surface area contributed by atoms with Crippen molar-refractivity contribution < 1.29 is 9.53 Å². The number of hydrogen-bond donors (Lipinski definition) is 3. The number of carbonyl (C=O) groups is 1. The maximum absolute atomic E-state index is 11.4. The van der Waals surface area contributed by atoms with Gasteiger partial charge in [0.2, 0.25) is 5.91 Å². The lowest BCUT2D eigenvalue weighted by atomic mass is 10.2. The van der Waals surface area contributed by atoms with Gasteiger partial charge in [-0.15, -0.1) is 0 Å². The molecule has 6 heteroatoms. The molecule has 0 aromatic carbocycles. The topological polar surface area (TPSA) is 93.0 Å². The van der Waals surface area contributed by atoms with Crippen LogP contribution in [0, 0.1) is 0 Å². The maximum atomic E-state index is 11.4. The molecule has 4 N–H and O–H groups in total. The number of carbonyl (C=O) groups excluding carboxylic acids is 1. The standard InChI is InChI=1S/C9H16N4O2/c1-15-3-2-8(10)9(14)12-5-7-4-11-6-13-7/h4,6,8H,2-3,5,10H2,1H3,(H,11,13)(H,12,14). The van der Waals surface area contributed by atoms with Gasteiger partial charge in [0.15, 0.2) is 0 Å². The van der Waals surface area contributed by atoms with Crippen LogP contribution in [0.5, 0.6) is 0 Å². The minimum atomic E-state index is -0.520. The average Bonchev–Trinajstić information content (AvgIpc) is 2.75. The van der Waals surface area contributed by atoms with Crippen LogP contribution in [0.1, 0.15) is 12.1 Å². The van der Waals surface area contributed by atoms with Gasteiger partial charge in [-0.2, -0.15) is 0 Å². The first-order chi connectivity index (χ1) is 7.24. The summed E-state index contributed by atoms with van der Waals surface area (Å²) in [5.41, 5.74) is 6.47. The Morgan fingerprint density at radius 3 is 3.20 bits per heavy atom. The molecule has 0 fully saturated rings. The number of methoxy groups -OCH3 is 1. The van der Waals surface area contributed by atoms with Crippen molar-refractivity contribution in [3.05, 3.63) is 18.2 Å². The second kappa shape index (κ2) is 6.15. The summed E-state index contributed by atoms with van der Waals surface area (Å²) in [6.07, 6.45) is 3.73. The molecule has 0 radical (unpaired) electrons. The Morgan fingerprint density at radius 2 is 2.60 bits per heavy atom. The van der Waals surface area contributed by atoms with Gasteiger partial charge in [0.05, 0.1) is 24.6 Å². The quantitative estimate of drug-likeness (QED) is 0.586. The molecular weight excluding hydrogens is 196 g/mol. The zero-order valence-electron chi connectivity index (χ0n) is 8.69. The summed E-state index contributed by atoms with van der Waals surface area (Å²) in [6.45, 7) is 0.901. The van der Waals surface area contributed by atoms with E-state index >= 15 is 0 Å². The Balaban J connectivity index is 2.23. The molecular formula is C9H16N4O2. The average molecular weight is 212 g/mol. The van der Waals surface area contributed by atoms with Crippen molar-refractivity contribution >= 4 is 5.91 Å². The zero-order valence-corrected chi connectivity index (χ0v) is 8.69. The second-order valence-electron chi connectivity index (χ2n) is 3.18. The number of aromatic nitrogens is 2. The highest BCUT2D eigenvalue weighted by Gasteiger charge is 2.12. The smallest absolute Gasteiger partial charge is 0.237 e. The molecule has 1 unspecified atom stereocenters. The lowest BCUT2D eigenvalue weighted by Crippen LogP contribution is -2.40. The van der Waals surface area contributed by atoms with E-state index in [-0.39, 0.29) is 5.91 Å². The number of hydrogen-bond acceptors (Lipinski definition) is 4. The highest BCUT2D eigenvalue weighted by atomic mass is 16.5. The number of ether oxygens (including phenoxy) is 1. The SMILES string of the molecule is COCCC(N)C(=O)NCc1cnc[nH]1. The molecule has 0 saturated carbocycles. The Hall–Kier alpha value is -1.40. The molecule has 0 aliphatic carbocycles. The van der Waals surface area contributed by atoms with E-state index in [1.807, 2.05) is 0 Å². The van der Waals surface area contributed by atoms with Crippen LogP contribution in [0.25, 0.3) is 0 Å². The van der Waals surface area contributed by atoms with E-state index in [1.54, 1.807) is 19.6 Å². The predicted molar refractivity (Wildman–Crippen MR) is 54.9 cm³/mol. The molecule has 6 nitrogen and oxygen atoms in total. The summed E-state index contributed by atoms with van der Waals surface area (Å²) in [4.78, 5) is 18.1. The minimum Gasteiger partial charge on any atom is -0.385 e. The van der Waals surface area contributed by atoms with Crippen molar-refractivity contribution in [2.45, 2.75) is 19.0 Å². The third-order valence-corrected chi connectivity index (χ3v) is 1.98. The fourth-order valence-corrected chi connectivity index (χ4v) is 1.07. The van der Waals surface area contributed by atoms with Gasteiger partial charge in [-0.25, -0.2) is 4.98 Å². The van der Waals surface area contributed by atoms with Gasteiger partial charge in [-0.1, -0.05) is 0 Å². The molecule has 15 heavy (non-hydrogen) atoms. The summed E-state index contributed by atoms with van der Waals surface area (Å²) >= 11 is 0. The number of nitrogens with zero attached hydrogens (tertiary/aromatic N) is 1. The molecule has 0 aliphatic rings. The Morgan fingerprint density at radius 1 is 1.80 bits per heavy atom. The highest BCUT2D eigenvalue weighted by Crippen LogP contribution is 1.92. The van der Waals surface area contributed by atoms with Crippen LogP contribution in [0.2, 0.25) is 0 Å². The molecule has 1 rings (SSSR count). The van der Waals surface area contributed by atoms with E-state index < -0.39 is 6.04 Å². The molecule has 1 atom stereocenters. The number of aromatic amines is 1. The van der Waals surface area contributed by atoms with Crippen molar-refractivity contribution in [3.63, 3.8) is 0 Å². The molecule has 1 amide bonds. The largest absolute Gasteiger partial charge is 0.385 e. The van der Waals surface area contributed by atoms with E-state index in [2.05, 4.69) is 15.3 Å². The third-order valence-electron chi connectivity index (χ3n) is 1.98. The number of amides is 1. The molecule has 0 saturated heterocycles. The predicted octanol–water partition coefficient (Wildman–Crippen LogP) is -0.610. The molecule has 1 heterocycles. The molecule has 0 aliphatic heterocycles. The summed E-state index contributed by atoms with van der Waals surface area (Å²) in [7, 11) is 1.58. The second-order valence-corrected chi connectivity index (χ2v) is 3.18. The van der Waals surface area contributed by atoms with Crippen molar-refractivity contribution in [2.75, 3.05) is 13.7 Å². The van der Waals surface area contributed by atoms with E-state index in [4.69, 9.17) is 10.5 Å². The zero-order chi connectivity index (χ0) is 11.1. The van der Waals surface area contributed by atoms with E-state index in [0.29, 0.717) is 19.6 Å². The Bertz CT molecular complexity index is 286. The van der Waals surface area contributed by atoms with Crippen molar-refractivity contribution in [2.24, 2.45) is 5.73 Å². The van der Waals surface area contributed by atoms with Crippen LogP contribution < -0.4 is 11.1 Å². The fourth-order valence-electron chi connectivity index (χ4n) is 1.07. The van der Waals surface area contributed by atoms with E-state index in [1.165, 1.54) is 0 Å². The minimum absolute atomic E-state index is 0.179. The number of rotatable bonds is 6. The highest BCUT2D eigenvalue weighted by molar-refractivity contribution is 5.81. The normalized spacial score (nSPS) is 12.4. The summed E-state index contributed by atoms with van der Waals surface area (Å²) in [6, 6.07) is -0.520. The van der Waals surface area contributed by atoms with Crippen molar-refractivity contribution in [1.82, 2.24) is 15.3 Å². The summed E-state index contributed by atoms with van der Waals surface area (Å²) in [5, 5.41) is 2.70. The molecule has 1 aromatic heterocycles. The van der Waals surface area contributed by atoms with Crippen molar-refractivity contribution in [1.29, 1.82) is 0 Å². The third kappa shape index (κ3) is 4.09. The molecule has 0 bridgehead atoms. The first kappa shape index (κ1) is 11.7.